The number of nitrogens with one attached hydrogen (secondary N) is 3. The van der Waals surface area contributed by atoms with Gasteiger partial charge in [-0.25, -0.2) is 9.52 Å². The molecule has 0 aromatic rings. The van der Waals surface area contributed by atoms with Crippen molar-refractivity contribution in [2.24, 2.45) is 0 Å². The third kappa shape index (κ3) is 11.0. The summed E-state index contributed by atoms with van der Waals surface area (Å²) in [7, 11) is 0. The minimum atomic E-state index is -0.933. The highest BCUT2D eigenvalue weighted by Gasteiger charge is 2.04. The Bertz CT molecular complexity index is 287. The number of amides is 2. The van der Waals surface area contributed by atoms with Crippen molar-refractivity contribution in [3.63, 3.8) is 0 Å². The van der Waals surface area contributed by atoms with Gasteiger partial charge in [-0.15, -0.1) is 0 Å². The van der Waals surface area contributed by atoms with E-state index in [1.165, 1.54) is 0 Å². The normalized spacial score (nSPS) is 9.61. The monoisotopic (exact) mass is 279 g/mol. The Morgan fingerprint density at radius 1 is 1.33 bits per heavy atom. The molecule has 0 bridgehead atoms. The smallest absolute Gasteiger partial charge is 0.418 e. The Labute approximate surface area is 109 Å². The van der Waals surface area contributed by atoms with E-state index < -0.39 is 12.1 Å². The number of carboxylic acids is 1. The Balaban J connectivity index is 3.37. The predicted molar refractivity (Wildman–Crippen MR) is 65.6 cm³/mol. The Morgan fingerprint density at radius 2 is 2.06 bits per heavy atom. The van der Waals surface area contributed by atoms with Gasteiger partial charge in [-0.1, -0.05) is 0 Å². The molecule has 0 aromatic carbocycles. The standard InChI is InChI=1S/C9H17N3O5S/c1-2-10-7(13)6-11-18-12-9(16)17-5-3-4-8(14)15/h11H,2-6H2,1H3,(H,10,13)(H,12,16)(H,14,15). The summed E-state index contributed by atoms with van der Waals surface area (Å²) in [5.41, 5.74) is 0. The maximum absolute atomic E-state index is 11.0. The number of carbonyl (C=O) groups is 3. The maximum Gasteiger partial charge on any atom is 0.418 e. The quantitative estimate of drug-likeness (QED) is 0.343. The molecule has 8 nitrogen and oxygen atoms in total. The molecule has 0 atom stereocenters. The first-order valence-corrected chi connectivity index (χ1v) is 6.17. The fraction of sp³-hybridized carbons (Fsp3) is 0.667. The topological polar surface area (TPSA) is 117 Å². The second-order valence-corrected chi connectivity index (χ2v) is 3.81. The molecule has 0 heterocycles. The molecule has 0 rings (SSSR count). The van der Waals surface area contributed by atoms with Crippen LogP contribution in [0.25, 0.3) is 0 Å². The third-order valence-corrected chi connectivity index (χ3v) is 2.14. The van der Waals surface area contributed by atoms with E-state index >= 15 is 0 Å². The van der Waals surface area contributed by atoms with Crippen molar-refractivity contribution in [1.82, 2.24) is 14.8 Å². The minimum Gasteiger partial charge on any atom is -0.481 e. The van der Waals surface area contributed by atoms with Crippen molar-refractivity contribution in [2.75, 3.05) is 19.7 Å². The number of rotatable bonds is 9. The SMILES string of the molecule is CCNC(=O)CNSNC(=O)OCCCC(=O)O. The second-order valence-electron chi connectivity index (χ2n) is 3.11. The lowest BCUT2D eigenvalue weighted by molar-refractivity contribution is -0.137. The van der Waals surface area contributed by atoms with E-state index in [1.54, 1.807) is 6.92 Å². The van der Waals surface area contributed by atoms with Gasteiger partial charge in [-0.2, -0.15) is 0 Å². The number of hydrogen-bond donors (Lipinski definition) is 4. The predicted octanol–water partition coefficient (Wildman–Crippen LogP) is -0.134. The van der Waals surface area contributed by atoms with Crippen molar-refractivity contribution in [3.8, 4) is 0 Å². The highest BCUT2D eigenvalue weighted by Crippen LogP contribution is 1.92. The summed E-state index contributed by atoms with van der Waals surface area (Å²) >= 11 is 0.828. The van der Waals surface area contributed by atoms with Gasteiger partial charge in [-0.3, -0.25) is 14.3 Å². The summed E-state index contributed by atoms with van der Waals surface area (Å²) in [5.74, 6) is -1.11. The number of carboxylic acid groups (broad SMARTS) is 1. The van der Waals surface area contributed by atoms with Gasteiger partial charge in [0.2, 0.25) is 5.91 Å². The van der Waals surface area contributed by atoms with Gasteiger partial charge in [-0.05, 0) is 13.3 Å². The van der Waals surface area contributed by atoms with Crippen LogP contribution in [0.3, 0.4) is 0 Å². The van der Waals surface area contributed by atoms with E-state index in [0.29, 0.717) is 6.54 Å². The summed E-state index contributed by atoms with van der Waals surface area (Å²) in [6, 6.07) is 0. The van der Waals surface area contributed by atoms with Crippen molar-refractivity contribution in [1.29, 1.82) is 0 Å². The van der Waals surface area contributed by atoms with Gasteiger partial charge in [0, 0.05) is 25.1 Å². The number of ether oxygens (including phenoxy) is 1. The third-order valence-electron chi connectivity index (χ3n) is 1.58. The van der Waals surface area contributed by atoms with Crippen LogP contribution in [-0.4, -0.2) is 42.8 Å². The number of hydrogen-bond acceptors (Lipinski definition) is 6. The van der Waals surface area contributed by atoms with Crippen molar-refractivity contribution in [2.45, 2.75) is 19.8 Å². The molecule has 0 radical (unpaired) electrons. The summed E-state index contributed by atoms with van der Waals surface area (Å²) in [6.07, 6.45) is -0.468. The zero-order valence-corrected chi connectivity index (χ0v) is 10.8. The van der Waals surface area contributed by atoms with Crippen LogP contribution in [0.5, 0.6) is 0 Å². The number of likely N-dealkylation sites (N-methyl/N-ethyl adjacent to an activating group) is 1. The minimum absolute atomic E-state index is 0.0367. The molecule has 0 aliphatic rings. The molecule has 0 fully saturated rings. The Kier molecular flexibility index (Phi) is 9.78. The molecule has 4 N–H and O–H groups in total. The molecule has 0 unspecified atom stereocenters. The zero-order chi connectivity index (χ0) is 13.8. The van der Waals surface area contributed by atoms with Crippen molar-refractivity contribution < 1.29 is 24.2 Å². The van der Waals surface area contributed by atoms with E-state index in [2.05, 4.69) is 19.5 Å². The molecule has 0 aliphatic heterocycles. The van der Waals surface area contributed by atoms with E-state index in [0.717, 1.165) is 12.1 Å². The van der Waals surface area contributed by atoms with Gasteiger partial charge >= 0.3 is 12.1 Å². The van der Waals surface area contributed by atoms with Crippen LogP contribution in [0.4, 0.5) is 4.79 Å². The van der Waals surface area contributed by atoms with Crippen LogP contribution < -0.4 is 14.8 Å². The summed E-state index contributed by atoms with van der Waals surface area (Å²) in [4.78, 5) is 32.2. The van der Waals surface area contributed by atoms with Crippen LogP contribution in [0.2, 0.25) is 0 Å². The zero-order valence-electron chi connectivity index (χ0n) is 10.0. The lowest BCUT2D eigenvalue weighted by Crippen LogP contribution is -2.33. The van der Waals surface area contributed by atoms with Crippen molar-refractivity contribution >= 4 is 30.1 Å². The van der Waals surface area contributed by atoms with Gasteiger partial charge < -0.3 is 15.2 Å². The highest BCUT2D eigenvalue weighted by atomic mass is 32.2. The number of aliphatic carboxylic acids is 1. The van der Waals surface area contributed by atoms with Crippen molar-refractivity contribution in [3.05, 3.63) is 0 Å². The highest BCUT2D eigenvalue weighted by molar-refractivity contribution is 7.96. The van der Waals surface area contributed by atoms with Gasteiger partial charge in [0.1, 0.15) is 0 Å². The molecule has 0 spiro atoms. The van der Waals surface area contributed by atoms with Crippen LogP contribution in [0, 0.1) is 0 Å². The largest absolute Gasteiger partial charge is 0.481 e. The van der Waals surface area contributed by atoms with E-state index in [4.69, 9.17) is 5.11 Å². The fourth-order valence-electron chi connectivity index (χ4n) is 0.857. The van der Waals surface area contributed by atoms with E-state index in [-0.39, 0.29) is 31.9 Å². The molecule has 18 heavy (non-hydrogen) atoms. The summed E-state index contributed by atoms with van der Waals surface area (Å²) in [6.45, 7) is 2.45. The van der Waals surface area contributed by atoms with Gasteiger partial charge in [0.05, 0.1) is 13.2 Å². The molecule has 0 saturated carbocycles. The molecular weight excluding hydrogens is 262 g/mol. The average molecular weight is 279 g/mol. The maximum atomic E-state index is 11.0. The lowest BCUT2D eigenvalue weighted by atomic mass is 10.3. The lowest BCUT2D eigenvalue weighted by Gasteiger charge is -2.06. The first kappa shape index (κ1) is 16.5. The second kappa shape index (κ2) is 10.7. The average Bonchev–Trinajstić information content (AvgIpc) is 2.30. The van der Waals surface area contributed by atoms with Gasteiger partial charge in [0.25, 0.3) is 0 Å². The molecule has 0 aliphatic carbocycles. The number of carbonyl (C=O) groups excluding carboxylic acids is 2. The van der Waals surface area contributed by atoms with Gasteiger partial charge in [0.15, 0.2) is 0 Å². The Hall–Kier alpha value is -1.48. The fourth-order valence-corrected chi connectivity index (χ4v) is 1.27. The molecule has 0 aromatic heterocycles. The molecule has 104 valence electrons. The van der Waals surface area contributed by atoms with Crippen LogP contribution in [0.15, 0.2) is 0 Å². The van der Waals surface area contributed by atoms with Crippen LogP contribution in [-0.2, 0) is 14.3 Å². The first-order valence-electron chi connectivity index (χ1n) is 5.36. The summed E-state index contributed by atoms with van der Waals surface area (Å²) in [5, 5.41) is 10.9. The van der Waals surface area contributed by atoms with E-state index in [9.17, 15) is 14.4 Å². The summed E-state index contributed by atoms with van der Waals surface area (Å²) < 4.78 is 9.57. The Morgan fingerprint density at radius 3 is 2.67 bits per heavy atom. The van der Waals surface area contributed by atoms with Crippen LogP contribution >= 0.6 is 12.1 Å². The molecule has 2 amide bonds. The molecule has 9 heteroatoms. The van der Waals surface area contributed by atoms with E-state index in [1.807, 2.05) is 0 Å². The molecular formula is C9H17N3O5S. The van der Waals surface area contributed by atoms with Crippen LogP contribution in [0.1, 0.15) is 19.8 Å². The first-order chi connectivity index (χ1) is 8.56. The molecule has 0 saturated heterocycles.